The topological polar surface area (TPSA) is 62.7 Å². The zero-order valence-electron chi connectivity index (χ0n) is 9.77. The molecular weight excluding hydrogens is 236 g/mol. The van der Waals surface area contributed by atoms with Crippen molar-refractivity contribution in [2.75, 3.05) is 6.54 Å². The van der Waals surface area contributed by atoms with E-state index in [1.54, 1.807) is 6.33 Å². The number of rotatable bonds is 6. The van der Waals surface area contributed by atoms with Crippen molar-refractivity contribution in [3.8, 4) is 0 Å². The molecule has 0 fully saturated rings. The molecule has 0 saturated heterocycles. The lowest BCUT2D eigenvalue weighted by atomic mass is 10.4. The van der Waals surface area contributed by atoms with Crippen molar-refractivity contribution in [1.82, 2.24) is 19.9 Å². The van der Waals surface area contributed by atoms with Gasteiger partial charge in [-0.15, -0.1) is 0 Å². The van der Waals surface area contributed by atoms with Gasteiger partial charge in [0.25, 0.3) is 0 Å². The number of thiazole rings is 1. The number of hydrogen-bond acceptors (Lipinski definition) is 4. The van der Waals surface area contributed by atoms with Gasteiger partial charge in [-0.3, -0.25) is 4.79 Å². The van der Waals surface area contributed by atoms with Gasteiger partial charge in [0.1, 0.15) is 0 Å². The number of nitrogens with zero attached hydrogens (tertiary/aromatic N) is 2. The van der Waals surface area contributed by atoms with Crippen molar-refractivity contribution in [2.24, 2.45) is 0 Å². The zero-order valence-corrected chi connectivity index (χ0v) is 10.6. The Morgan fingerprint density at radius 3 is 3.18 bits per heavy atom. The predicted octanol–water partition coefficient (Wildman–Crippen LogP) is 1.18. The quantitative estimate of drug-likeness (QED) is 0.759. The molecule has 2 aromatic heterocycles. The lowest BCUT2D eigenvalue weighted by molar-refractivity contribution is 0.627. The summed E-state index contributed by atoms with van der Waals surface area (Å²) in [4.78, 5) is 18.0. The highest BCUT2D eigenvalue weighted by Crippen LogP contribution is 2.04. The van der Waals surface area contributed by atoms with Gasteiger partial charge >= 0.3 is 4.87 Å². The summed E-state index contributed by atoms with van der Waals surface area (Å²) >= 11 is 1.19. The second-order valence-corrected chi connectivity index (χ2v) is 4.71. The second-order valence-electron chi connectivity index (χ2n) is 3.86. The predicted molar refractivity (Wildman–Crippen MR) is 68.3 cm³/mol. The molecule has 0 aromatic carbocycles. The van der Waals surface area contributed by atoms with Crippen LogP contribution < -0.4 is 10.2 Å². The molecule has 0 aliphatic carbocycles. The minimum atomic E-state index is -0.00854. The summed E-state index contributed by atoms with van der Waals surface area (Å²) in [5.41, 5.74) is 2.06. The standard InChI is InChI=1S/C11H16N4OS/c1-2-3-12-4-10-5-13-8-15(10)6-9-7-17-11(16)14-9/h5,7-8,12H,2-4,6H2,1H3,(H,14,16). The Morgan fingerprint density at radius 1 is 1.59 bits per heavy atom. The number of H-pyrrole nitrogens is 1. The third-order valence-corrected chi connectivity index (χ3v) is 3.16. The van der Waals surface area contributed by atoms with Gasteiger partial charge < -0.3 is 14.9 Å². The van der Waals surface area contributed by atoms with E-state index in [9.17, 15) is 4.79 Å². The van der Waals surface area contributed by atoms with Gasteiger partial charge in [0, 0.05) is 23.8 Å². The fourth-order valence-electron chi connectivity index (χ4n) is 1.61. The van der Waals surface area contributed by atoms with Crippen molar-refractivity contribution >= 4 is 11.3 Å². The van der Waals surface area contributed by atoms with E-state index >= 15 is 0 Å². The molecule has 0 atom stereocenters. The number of aromatic nitrogens is 3. The van der Waals surface area contributed by atoms with Crippen molar-refractivity contribution in [2.45, 2.75) is 26.4 Å². The molecule has 0 unspecified atom stereocenters. The Labute approximate surface area is 104 Å². The van der Waals surface area contributed by atoms with E-state index in [-0.39, 0.29) is 4.87 Å². The highest BCUT2D eigenvalue weighted by atomic mass is 32.1. The van der Waals surface area contributed by atoms with Gasteiger partial charge in [-0.2, -0.15) is 0 Å². The summed E-state index contributed by atoms with van der Waals surface area (Å²) in [6.07, 6.45) is 4.76. The molecule has 6 heteroatoms. The van der Waals surface area contributed by atoms with E-state index in [1.165, 1.54) is 11.3 Å². The average molecular weight is 252 g/mol. The second kappa shape index (κ2) is 5.79. The minimum Gasteiger partial charge on any atom is -0.327 e. The third-order valence-electron chi connectivity index (χ3n) is 2.44. The Morgan fingerprint density at radius 2 is 2.47 bits per heavy atom. The average Bonchev–Trinajstić information content (AvgIpc) is 2.90. The summed E-state index contributed by atoms with van der Waals surface area (Å²) < 4.78 is 2.04. The summed E-state index contributed by atoms with van der Waals surface area (Å²) in [6.45, 7) is 4.62. The fraction of sp³-hybridized carbons (Fsp3) is 0.455. The van der Waals surface area contributed by atoms with Crippen LogP contribution in [0.4, 0.5) is 0 Å². The lowest BCUT2D eigenvalue weighted by Gasteiger charge is -2.07. The monoisotopic (exact) mass is 252 g/mol. The number of imidazole rings is 1. The van der Waals surface area contributed by atoms with Gasteiger partial charge in [-0.1, -0.05) is 18.3 Å². The Hall–Kier alpha value is -1.40. The third kappa shape index (κ3) is 3.28. The van der Waals surface area contributed by atoms with Crippen LogP contribution in [0.15, 0.2) is 22.7 Å². The normalized spacial score (nSPS) is 10.9. The largest absolute Gasteiger partial charge is 0.327 e. The van der Waals surface area contributed by atoms with Gasteiger partial charge in [-0.25, -0.2) is 4.98 Å². The van der Waals surface area contributed by atoms with Crippen LogP contribution in [0, 0.1) is 0 Å². The first kappa shape index (κ1) is 12.1. The van der Waals surface area contributed by atoms with Crippen molar-refractivity contribution in [3.63, 3.8) is 0 Å². The maximum Gasteiger partial charge on any atom is 0.304 e. The van der Waals surface area contributed by atoms with Crippen LogP contribution in [-0.2, 0) is 13.1 Å². The van der Waals surface area contributed by atoms with E-state index < -0.39 is 0 Å². The van der Waals surface area contributed by atoms with Gasteiger partial charge in [0.05, 0.1) is 18.6 Å². The van der Waals surface area contributed by atoms with E-state index in [0.29, 0.717) is 6.54 Å². The van der Waals surface area contributed by atoms with Gasteiger partial charge in [-0.05, 0) is 13.0 Å². The van der Waals surface area contributed by atoms with Crippen molar-refractivity contribution in [3.05, 3.63) is 39.0 Å². The summed E-state index contributed by atoms with van der Waals surface area (Å²) in [5.74, 6) is 0. The Kier molecular flexibility index (Phi) is 4.11. The van der Waals surface area contributed by atoms with Crippen molar-refractivity contribution in [1.29, 1.82) is 0 Å². The molecule has 0 saturated carbocycles. The lowest BCUT2D eigenvalue weighted by Crippen LogP contribution is -2.17. The molecule has 2 rings (SSSR count). The first-order valence-corrected chi connectivity index (χ1v) is 6.54. The smallest absolute Gasteiger partial charge is 0.304 e. The maximum absolute atomic E-state index is 11.0. The summed E-state index contributed by atoms with van der Waals surface area (Å²) in [6, 6.07) is 0. The summed E-state index contributed by atoms with van der Waals surface area (Å²) in [7, 11) is 0. The number of nitrogens with one attached hydrogen (secondary N) is 2. The van der Waals surface area contributed by atoms with E-state index in [4.69, 9.17) is 0 Å². The van der Waals surface area contributed by atoms with Crippen LogP contribution in [-0.4, -0.2) is 21.1 Å². The zero-order chi connectivity index (χ0) is 12.1. The van der Waals surface area contributed by atoms with E-state index in [2.05, 4.69) is 22.2 Å². The summed E-state index contributed by atoms with van der Waals surface area (Å²) in [5, 5.41) is 5.19. The van der Waals surface area contributed by atoms with Crippen LogP contribution in [0.25, 0.3) is 0 Å². The molecule has 17 heavy (non-hydrogen) atoms. The highest BCUT2D eigenvalue weighted by molar-refractivity contribution is 7.07. The highest BCUT2D eigenvalue weighted by Gasteiger charge is 2.03. The van der Waals surface area contributed by atoms with Crippen LogP contribution in [0.5, 0.6) is 0 Å². The first-order valence-electron chi connectivity index (χ1n) is 5.66. The van der Waals surface area contributed by atoms with Crippen LogP contribution >= 0.6 is 11.3 Å². The molecule has 0 radical (unpaired) electrons. The van der Waals surface area contributed by atoms with Crippen LogP contribution in [0.3, 0.4) is 0 Å². The van der Waals surface area contributed by atoms with Crippen LogP contribution in [0.1, 0.15) is 24.7 Å². The van der Waals surface area contributed by atoms with Crippen molar-refractivity contribution < 1.29 is 0 Å². The molecule has 2 aromatic rings. The molecule has 92 valence electrons. The number of hydrogen-bond donors (Lipinski definition) is 2. The van der Waals surface area contributed by atoms with Gasteiger partial charge in [0.15, 0.2) is 0 Å². The Bertz CT molecular complexity index is 513. The molecular formula is C11H16N4OS. The first-order chi connectivity index (χ1) is 8.29. The van der Waals surface area contributed by atoms with E-state index in [1.807, 2.05) is 16.1 Å². The molecule has 5 nitrogen and oxygen atoms in total. The molecule has 2 N–H and O–H groups in total. The number of aromatic amines is 1. The van der Waals surface area contributed by atoms with Gasteiger partial charge in [0.2, 0.25) is 0 Å². The molecule has 0 amide bonds. The van der Waals surface area contributed by atoms with Crippen LogP contribution in [0.2, 0.25) is 0 Å². The Balaban J connectivity index is 2.01. The maximum atomic E-state index is 11.0. The minimum absolute atomic E-state index is 0.00854. The molecule has 0 aliphatic heterocycles. The van der Waals surface area contributed by atoms with E-state index in [0.717, 1.165) is 30.9 Å². The molecule has 0 bridgehead atoms. The molecule has 2 heterocycles. The SMILES string of the molecule is CCCNCc1cncn1Cc1csc(=O)[nH]1. The molecule has 0 spiro atoms. The molecule has 0 aliphatic rings. The fourth-order valence-corrected chi connectivity index (χ4v) is 2.18.